The average molecular weight is 237 g/mol. The van der Waals surface area contributed by atoms with E-state index in [1.165, 1.54) is 0 Å². The van der Waals surface area contributed by atoms with Gasteiger partial charge in [0.2, 0.25) is 0 Å². The van der Waals surface area contributed by atoms with Crippen molar-refractivity contribution in [2.75, 3.05) is 0 Å². The first-order chi connectivity index (χ1) is 8.75. The van der Waals surface area contributed by atoms with Gasteiger partial charge >= 0.3 is 0 Å². The predicted molar refractivity (Wildman–Crippen MR) is 71.4 cm³/mol. The zero-order chi connectivity index (χ0) is 12.5. The molecule has 0 saturated carbocycles. The average Bonchev–Trinajstić information content (AvgIpc) is 2.77. The lowest BCUT2D eigenvalue weighted by Crippen LogP contribution is -1.94. The number of rotatable bonds is 1. The van der Waals surface area contributed by atoms with Gasteiger partial charge in [-0.25, -0.2) is 4.99 Å². The maximum Gasteiger partial charge on any atom is 0.141 e. The molecule has 0 spiro atoms. The zero-order valence-corrected chi connectivity index (χ0v) is 9.54. The number of phenolic OH excluding ortho intramolecular Hbond substituents is 2. The highest BCUT2D eigenvalue weighted by atomic mass is 16.3. The largest absolute Gasteiger partial charge is 0.507 e. The number of para-hydroxylation sites is 2. The number of aromatic hydroxyl groups is 2. The highest BCUT2D eigenvalue weighted by Crippen LogP contribution is 2.32. The molecule has 0 fully saturated rings. The fourth-order valence-electron chi connectivity index (χ4n) is 2.01. The van der Waals surface area contributed by atoms with E-state index >= 15 is 0 Å². The molecule has 18 heavy (non-hydrogen) atoms. The number of hydrogen-bond acceptors (Lipinski definition) is 3. The predicted octanol–water partition coefficient (Wildman–Crippen LogP) is 3.25. The lowest BCUT2D eigenvalue weighted by molar-refractivity contribution is 0.473. The van der Waals surface area contributed by atoms with E-state index in [1.54, 1.807) is 30.3 Å². The third kappa shape index (κ3) is 1.66. The van der Waals surface area contributed by atoms with Crippen LogP contribution in [-0.2, 0) is 0 Å². The fourth-order valence-corrected chi connectivity index (χ4v) is 2.01. The van der Waals surface area contributed by atoms with Crippen molar-refractivity contribution in [3.8, 4) is 11.5 Å². The van der Waals surface area contributed by atoms with Gasteiger partial charge < -0.3 is 10.2 Å². The minimum absolute atomic E-state index is 0.127. The normalized spacial score (nSPS) is 15.0. The van der Waals surface area contributed by atoms with Gasteiger partial charge in [-0.1, -0.05) is 30.3 Å². The van der Waals surface area contributed by atoms with E-state index in [-0.39, 0.29) is 11.5 Å². The Morgan fingerprint density at radius 2 is 1.56 bits per heavy atom. The first kappa shape index (κ1) is 10.6. The molecule has 0 unspecified atom stereocenters. The van der Waals surface area contributed by atoms with E-state index in [1.807, 2.05) is 24.3 Å². The molecule has 0 saturated heterocycles. The summed E-state index contributed by atoms with van der Waals surface area (Å²) < 4.78 is 0. The molecule has 0 atom stereocenters. The van der Waals surface area contributed by atoms with Crippen LogP contribution in [0.3, 0.4) is 0 Å². The summed E-state index contributed by atoms with van der Waals surface area (Å²) in [6.45, 7) is 0. The Kier molecular flexibility index (Phi) is 2.38. The highest BCUT2D eigenvalue weighted by molar-refractivity contribution is 6.19. The number of aliphatic imine (C=N–C) groups is 1. The van der Waals surface area contributed by atoms with Crippen molar-refractivity contribution in [1.29, 1.82) is 0 Å². The highest BCUT2D eigenvalue weighted by Gasteiger charge is 2.16. The molecule has 0 aliphatic heterocycles. The van der Waals surface area contributed by atoms with E-state index in [0.29, 0.717) is 17.0 Å². The zero-order valence-electron chi connectivity index (χ0n) is 9.54. The Hall–Kier alpha value is -2.55. The molecule has 0 aromatic heterocycles. The Labute approximate surface area is 104 Å². The molecule has 3 heteroatoms. The Morgan fingerprint density at radius 3 is 2.39 bits per heavy atom. The van der Waals surface area contributed by atoms with Crippen molar-refractivity contribution in [3.63, 3.8) is 0 Å². The number of allylic oxidation sites excluding steroid dienone is 1. The molecule has 0 amide bonds. The van der Waals surface area contributed by atoms with Crippen molar-refractivity contribution < 1.29 is 10.2 Å². The van der Waals surface area contributed by atoms with E-state index in [4.69, 9.17) is 0 Å². The van der Waals surface area contributed by atoms with Crippen LogP contribution < -0.4 is 0 Å². The van der Waals surface area contributed by atoms with Crippen molar-refractivity contribution in [2.24, 2.45) is 4.99 Å². The molecule has 2 N–H and O–H groups in total. The Bertz CT molecular complexity index is 672. The summed E-state index contributed by atoms with van der Waals surface area (Å²) in [4.78, 5) is 4.38. The first-order valence-electron chi connectivity index (χ1n) is 5.63. The maximum absolute atomic E-state index is 9.87. The molecule has 0 radical (unpaired) electrons. The summed E-state index contributed by atoms with van der Waals surface area (Å²) in [6, 6.07) is 12.2. The van der Waals surface area contributed by atoms with Crippen LogP contribution in [0.15, 0.2) is 53.5 Å². The third-order valence-corrected chi connectivity index (χ3v) is 2.87. The van der Waals surface area contributed by atoms with Crippen LogP contribution >= 0.6 is 0 Å². The number of benzene rings is 2. The molecule has 88 valence electrons. The minimum Gasteiger partial charge on any atom is -0.507 e. The summed E-state index contributed by atoms with van der Waals surface area (Å²) in [5.74, 6) is 0.328. The topological polar surface area (TPSA) is 52.8 Å². The molecule has 1 aliphatic rings. The van der Waals surface area contributed by atoms with Gasteiger partial charge in [0.1, 0.15) is 17.2 Å². The number of phenols is 2. The van der Waals surface area contributed by atoms with Crippen LogP contribution in [0.5, 0.6) is 11.5 Å². The standard InChI is InChI=1S/C15H11NO2/c17-13-6-2-1-5-11(13)16-12-9-8-10-4-3-7-14(18)15(10)12/h1-9,17-18H/b16-12+. The molecule has 3 nitrogen and oxygen atoms in total. The van der Waals surface area contributed by atoms with Crippen molar-refractivity contribution >= 4 is 17.5 Å². The first-order valence-corrected chi connectivity index (χ1v) is 5.63. The van der Waals surface area contributed by atoms with Gasteiger partial charge in [-0.15, -0.1) is 0 Å². The molecule has 1 aliphatic carbocycles. The van der Waals surface area contributed by atoms with E-state index < -0.39 is 0 Å². The second-order valence-corrected chi connectivity index (χ2v) is 4.06. The van der Waals surface area contributed by atoms with Crippen LogP contribution in [0, 0.1) is 0 Å². The van der Waals surface area contributed by atoms with Gasteiger partial charge in [0.05, 0.1) is 5.71 Å². The fraction of sp³-hybridized carbons (Fsp3) is 0. The lowest BCUT2D eigenvalue weighted by Gasteiger charge is -2.04. The van der Waals surface area contributed by atoms with E-state index in [2.05, 4.69) is 4.99 Å². The summed E-state index contributed by atoms with van der Waals surface area (Å²) in [5.41, 5.74) is 2.79. The monoisotopic (exact) mass is 237 g/mol. The molecule has 3 rings (SSSR count). The van der Waals surface area contributed by atoms with Crippen LogP contribution in [0.25, 0.3) is 6.08 Å². The van der Waals surface area contributed by atoms with Crippen LogP contribution in [0.4, 0.5) is 5.69 Å². The molecular formula is C15H11NO2. The second-order valence-electron chi connectivity index (χ2n) is 4.06. The van der Waals surface area contributed by atoms with Gasteiger partial charge in [-0.05, 0) is 29.8 Å². The lowest BCUT2D eigenvalue weighted by atomic mass is 10.1. The van der Waals surface area contributed by atoms with E-state index in [0.717, 1.165) is 5.56 Å². The van der Waals surface area contributed by atoms with Gasteiger partial charge in [0.15, 0.2) is 0 Å². The summed E-state index contributed by atoms with van der Waals surface area (Å²) >= 11 is 0. The maximum atomic E-state index is 9.87. The van der Waals surface area contributed by atoms with Gasteiger partial charge in [0.25, 0.3) is 0 Å². The quantitative estimate of drug-likeness (QED) is 0.799. The number of hydrogen-bond donors (Lipinski definition) is 2. The van der Waals surface area contributed by atoms with Gasteiger partial charge in [0, 0.05) is 5.56 Å². The van der Waals surface area contributed by atoms with Gasteiger partial charge in [-0.2, -0.15) is 0 Å². The molecule has 0 heterocycles. The summed E-state index contributed by atoms with van der Waals surface area (Å²) in [5, 5.41) is 19.6. The number of fused-ring (bicyclic) bond motifs is 1. The van der Waals surface area contributed by atoms with Crippen LogP contribution in [-0.4, -0.2) is 15.9 Å². The Balaban J connectivity index is 2.13. The van der Waals surface area contributed by atoms with Crippen molar-refractivity contribution in [1.82, 2.24) is 0 Å². The smallest absolute Gasteiger partial charge is 0.141 e. The summed E-state index contributed by atoms with van der Waals surface area (Å²) in [6.07, 6.45) is 3.73. The third-order valence-electron chi connectivity index (χ3n) is 2.87. The summed E-state index contributed by atoms with van der Waals surface area (Å²) in [7, 11) is 0. The number of nitrogens with zero attached hydrogens (tertiary/aromatic N) is 1. The molecule has 0 bridgehead atoms. The van der Waals surface area contributed by atoms with Gasteiger partial charge in [-0.3, -0.25) is 0 Å². The van der Waals surface area contributed by atoms with Crippen molar-refractivity contribution in [2.45, 2.75) is 0 Å². The molecular weight excluding hydrogens is 226 g/mol. The van der Waals surface area contributed by atoms with Crippen molar-refractivity contribution in [3.05, 3.63) is 59.7 Å². The minimum atomic E-state index is 0.127. The van der Waals surface area contributed by atoms with Crippen LogP contribution in [0.1, 0.15) is 11.1 Å². The Morgan fingerprint density at radius 1 is 0.778 bits per heavy atom. The van der Waals surface area contributed by atoms with E-state index in [9.17, 15) is 10.2 Å². The second kappa shape index (κ2) is 4.04. The SMILES string of the molecule is Oc1ccccc1/N=C1\C=Cc2cccc(O)c21. The molecule has 2 aromatic rings. The van der Waals surface area contributed by atoms with Crippen LogP contribution in [0.2, 0.25) is 0 Å². The molecule has 2 aromatic carbocycles.